The van der Waals surface area contributed by atoms with Gasteiger partial charge in [0.05, 0.1) is 4.92 Å². The molecule has 0 bridgehead atoms. The molecule has 0 amide bonds. The number of nitro benzene ring substituents is 1. The van der Waals surface area contributed by atoms with E-state index in [2.05, 4.69) is 4.98 Å². The van der Waals surface area contributed by atoms with E-state index in [0.29, 0.717) is 6.54 Å². The predicted octanol–water partition coefficient (Wildman–Crippen LogP) is 2.75. The summed E-state index contributed by atoms with van der Waals surface area (Å²) in [6.45, 7) is 0.545. The summed E-state index contributed by atoms with van der Waals surface area (Å²) < 4.78 is 1.93. The maximum absolute atomic E-state index is 10.8. The Balaban J connectivity index is 1.92. The zero-order chi connectivity index (χ0) is 16.1. The van der Waals surface area contributed by atoms with E-state index < -0.39 is 4.92 Å². The van der Waals surface area contributed by atoms with Crippen LogP contribution in [0.25, 0.3) is 0 Å². The molecule has 0 aliphatic heterocycles. The maximum Gasteiger partial charge on any atom is 0.269 e. The minimum Gasteiger partial charge on any atom is -0.258 e. The van der Waals surface area contributed by atoms with Crippen LogP contribution in [0.3, 0.4) is 0 Å². The van der Waals surface area contributed by atoms with Gasteiger partial charge in [0.1, 0.15) is 6.54 Å². The summed E-state index contributed by atoms with van der Waals surface area (Å²) in [5.74, 6) is 0.794. The van der Waals surface area contributed by atoms with E-state index in [-0.39, 0.29) is 5.69 Å². The Morgan fingerprint density at radius 2 is 1.74 bits per heavy atom. The van der Waals surface area contributed by atoms with Crippen LogP contribution < -0.4 is 9.69 Å². The number of anilines is 1. The van der Waals surface area contributed by atoms with E-state index >= 15 is 0 Å². The van der Waals surface area contributed by atoms with Crippen LogP contribution >= 0.6 is 0 Å². The Bertz CT molecular complexity index is 737. The fourth-order valence-electron chi connectivity index (χ4n) is 2.23. The van der Waals surface area contributed by atoms with Crippen LogP contribution in [0.1, 0.15) is 5.56 Å². The van der Waals surface area contributed by atoms with Crippen molar-refractivity contribution in [2.75, 3.05) is 5.01 Å². The highest BCUT2D eigenvalue weighted by molar-refractivity contribution is 5.38. The number of aromatic nitrogens is 2. The highest BCUT2D eigenvalue weighted by Crippen LogP contribution is 2.15. The molecule has 0 spiro atoms. The fourth-order valence-corrected chi connectivity index (χ4v) is 2.23. The number of pyridine rings is 2. The Kier molecular flexibility index (Phi) is 4.24. The van der Waals surface area contributed by atoms with Crippen molar-refractivity contribution in [2.24, 2.45) is 0 Å². The van der Waals surface area contributed by atoms with Gasteiger partial charge in [-0.1, -0.05) is 28.9 Å². The van der Waals surface area contributed by atoms with Crippen LogP contribution in [0.2, 0.25) is 0 Å². The van der Waals surface area contributed by atoms with E-state index in [4.69, 9.17) is 0 Å². The molecule has 0 saturated carbocycles. The van der Waals surface area contributed by atoms with Crippen LogP contribution in [0.5, 0.6) is 0 Å². The van der Waals surface area contributed by atoms with Gasteiger partial charge in [0.2, 0.25) is 0 Å². The summed E-state index contributed by atoms with van der Waals surface area (Å²) in [4.78, 5) is 14.8. The first-order chi connectivity index (χ1) is 11.2. The van der Waals surface area contributed by atoms with Crippen molar-refractivity contribution >= 4 is 11.5 Å². The second-order valence-corrected chi connectivity index (χ2v) is 4.92. The van der Waals surface area contributed by atoms with Crippen molar-refractivity contribution in [3.63, 3.8) is 0 Å². The smallest absolute Gasteiger partial charge is 0.258 e. The standard InChI is InChI=1S/C17H15N4O2/c22-21(23)16-9-7-15(8-10-16)14-20(17-6-2-3-11-18-17)19-12-4-1-5-13-19/h1-13H,14H2/q+1. The summed E-state index contributed by atoms with van der Waals surface area (Å²) in [6.07, 6.45) is 5.60. The molecule has 0 fully saturated rings. The minimum absolute atomic E-state index is 0.0884. The molecule has 2 aromatic heterocycles. The molecule has 3 rings (SSSR count). The number of non-ortho nitro benzene ring substituents is 1. The monoisotopic (exact) mass is 307 g/mol. The molecule has 6 heteroatoms. The van der Waals surface area contributed by atoms with E-state index in [1.54, 1.807) is 18.3 Å². The topological polar surface area (TPSA) is 63.2 Å². The van der Waals surface area contributed by atoms with Gasteiger partial charge >= 0.3 is 0 Å². The Morgan fingerprint density at radius 1 is 1.00 bits per heavy atom. The van der Waals surface area contributed by atoms with Gasteiger partial charge in [-0.3, -0.25) is 10.1 Å². The number of nitrogens with zero attached hydrogens (tertiary/aromatic N) is 4. The molecule has 0 aliphatic carbocycles. The second-order valence-electron chi connectivity index (χ2n) is 4.92. The third-order valence-electron chi connectivity index (χ3n) is 3.37. The highest BCUT2D eigenvalue weighted by Gasteiger charge is 2.17. The lowest BCUT2D eigenvalue weighted by molar-refractivity contribution is -0.686. The van der Waals surface area contributed by atoms with E-state index in [0.717, 1.165) is 11.4 Å². The van der Waals surface area contributed by atoms with Crippen molar-refractivity contribution in [3.05, 3.63) is 94.9 Å². The van der Waals surface area contributed by atoms with Crippen LogP contribution in [0.15, 0.2) is 79.3 Å². The van der Waals surface area contributed by atoms with E-state index in [1.807, 2.05) is 58.5 Å². The number of hydrogen-bond acceptors (Lipinski definition) is 4. The van der Waals surface area contributed by atoms with Crippen LogP contribution in [-0.4, -0.2) is 9.91 Å². The SMILES string of the molecule is O=[N+]([O-])c1ccc(CN(c2ccccn2)[n+]2ccccc2)cc1. The minimum atomic E-state index is -0.397. The van der Waals surface area contributed by atoms with Crippen molar-refractivity contribution in [2.45, 2.75) is 6.54 Å². The van der Waals surface area contributed by atoms with Gasteiger partial charge in [-0.25, -0.2) is 4.98 Å². The first-order valence-corrected chi connectivity index (χ1v) is 7.12. The molecule has 3 aromatic rings. The molecule has 0 atom stereocenters. The quantitative estimate of drug-likeness (QED) is 0.413. The lowest BCUT2D eigenvalue weighted by Crippen LogP contribution is -2.53. The molecule has 0 unspecified atom stereocenters. The van der Waals surface area contributed by atoms with Gasteiger partial charge in [0.15, 0.2) is 18.2 Å². The third kappa shape index (κ3) is 3.49. The first kappa shape index (κ1) is 14.6. The average Bonchev–Trinajstić information content (AvgIpc) is 2.61. The van der Waals surface area contributed by atoms with Gasteiger partial charge < -0.3 is 0 Å². The summed E-state index contributed by atoms with van der Waals surface area (Å²) >= 11 is 0. The summed E-state index contributed by atoms with van der Waals surface area (Å²) in [5.41, 5.74) is 1.04. The zero-order valence-corrected chi connectivity index (χ0v) is 12.3. The number of nitro groups is 1. The fraction of sp³-hybridized carbons (Fsp3) is 0.0588. The molecule has 0 N–H and O–H groups in total. The molecular formula is C17H15N4O2+. The lowest BCUT2D eigenvalue weighted by atomic mass is 10.2. The third-order valence-corrected chi connectivity index (χ3v) is 3.37. The molecule has 0 saturated heterocycles. The van der Waals surface area contributed by atoms with Gasteiger partial charge in [-0.2, -0.15) is 0 Å². The number of hydrogen-bond donors (Lipinski definition) is 0. The van der Waals surface area contributed by atoms with Crippen LogP contribution in [-0.2, 0) is 6.54 Å². The summed E-state index contributed by atoms with van der Waals surface area (Å²) in [7, 11) is 0. The highest BCUT2D eigenvalue weighted by atomic mass is 16.6. The first-order valence-electron chi connectivity index (χ1n) is 7.12. The van der Waals surface area contributed by atoms with E-state index in [1.165, 1.54) is 12.1 Å². The van der Waals surface area contributed by atoms with Gasteiger partial charge in [-0.15, -0.1) is 5.01 Å². The van der Waals surface area contributed by atoms with Gasteiger partial charge in [-0.05, 0) is 17.7 Å². The van der Waals surface area contributed by atoms with Crippen molar-refractivity contribution in [3.8, 4) is 0 Å². The average molecular weight is 307 g/mol. The molecular weight excluding hydrogens is 292 g/mol. The molecule has 0 aliphatic rings. The van der Waals surface area contributed by atoms with Crippen molar-refractivity contribution in [1.82, 2.24) is 4.98 Å². The lowest BCUT2D eigenvalue weighted by Gasteiger charge is -2.16. The van der Waals surface area contributed by atoms with Gasteiger partial charge in [0.25, 0.3) is 5.69 Å². The summed E-state index contributed by atoms with van der Waals surface area (Å²) in [5, 5.41) is 12.7. The van der Waals surface area contributed by atoms with Gasteiger partial charge in [0, 0.05) is 30.5 Å². The molecule has 114 valence electrons. The molecule has 0 radical (unpaired) electrons. The Morgan fingerprint density at radius 3 is 2.35 bits per heavy atom. The summed E-state index contributed by atoms with van der Waals surface area (Å²) in [6, 6.07) is 18.1. The number of benzene rings is 1. The molecule has 23 heavy (non-hydrogen) atoms. The molecule has 2 heterocycles. The maximum atomic E-state index is 10.8. The Hall–Kier alpha value is -3.28. The molecule has 1 aromatic carbocycles. The van der Waals surface area contributed by atoms with Crippen molar-refractivity contribution in [1.29, 1.82) is 0 Å². The normalized spacial score (nSPS) is 10.3. The Labute approximate surface area is 133 Å². The molecule has 6 nitrogen and oxygen atoms in total. The van der Waals surface area contributed by atoms with Crippen molar-refractivity contribution < 1.29 is 9.60 Å². The van der Waals surface area contributed by atoms with Crippen LogP contribution in [0, 0.1) is 10.1 Å². The largest absolute Gasteiger partial charge is 0.269 e. The second kappa shape index (κ2) is 6.65. The van der Waals surface area contributed by atoms with E-state index in [9.17, 15) is 10.1 Å². The predicted molar refractivity (Wildman–Crippen MR) is 85.6 cm³/mol. The van der Waals surface area contributed by atoms with Crippen LogP contribution in [0.4, 0.5) is 11.5 Å². The zero-order valence-electron chi connectivity index (χ0n) is 12.3. The number of rotatable bonds is 5.